The average Bonchev–Trinajstić information content (AvgIpc) is 3.00. The molecule has 0 spiro atoms. The normalized spacial score (nSPS) is 15.9. The van der Waals surface area contributed by atoms with Crippen molar-refractivity contribution in [3.63, 3.8) is 0 Å². The molecule has 0 saturated heterocycles. The van der Waals surface area contributed by atoms with E-state index in [1.807, 2.05) is 11.3 Å². The van der Waals surface area contributed by atoms with Gasteiger partial charge in [0.25, 0.3) is 0 Å². The second-order valence-electron chi connectivity index (χ2n) is 5.48. The molecular weight excluding hydrogens is 264 g/mol. The summed E-state index contributed by atoms with van der Waals surface area (Å²) in [5.41, 5.74) is 2.94. The number of thiophene rings is 1. The van der Waals surface area contributed by atoms with Crippen LogP contribution in [0.1, 0.15) is 23.8 Å². The van der Waals surface area contributed by atoms with Crippen molar-refractivity contribution >= 4 is 17.0 Å². The van der Waals surface area contributed by atoms with Crippen LogP contribution in [0.4, 0.5) is 5.69 Å². The molecule has 0 radical (unpaired) electrons. The molecule has 1 aromatic carbocycles. The zero-order valence-corrected chi connectivity index (χ0v) is 12.8. The van der Waals surface area contributed by atoms with Crippen molar-refractivity contribution in [2.24, 2.45) is 0 Å². The molecule has 1 unspecified atom stereocenters. The molecule has 3 heteroatoms. The van der Waals surface area contributed by atoms with Gasteiger partial charge in [0.05, 0.1) is 0 Å². The Hall–Kier alpha value is -1.32. The van der Waals surface area contributed by atoms with Gasteiger partial charge < -0.3 is 10.2 Å². The second kappa shape index (κ2) is 6.42. The van der Waals surface area contributed by atoms with Gasteiger partial charge in [0.2, 0.25) is 0 Å². The lowest BCUT2D eigenvalue weighted by atomic mass is 10.0. The molecule has 0 aliphatic carbocycles. The van der Waals surface area contributed by atoms with Crippen LogP contribution in [0, 0.1) is 0 Å². The predicted octanol–water partition coefficient (Wildman–Crippen LogP) is 3.68. The molecule has 1 aliphatic rings. The maximum absolute atomic E-state index is 3.58. The number of nitrogens with zero attached hydrogens (tertiary/aromatic N) is 1. The molecule has 1 aromatic heterocycles. The first kappa shape index (κ1) is 13.7. The summed E-state index contributed by atoms with van der Waals surface area (Å²) in [4.78, 5) is 3.97. The van der Waals surface area contributed by atoms with E-state index in [-0.39, 0.29) is 0 Å². The molecule has 106 valence electrons. The second-order valence-corrected chi connectivity index (χ2v) is 6.52. The van der Waals surface area contributed by atoms with Crippen LogP contribution in [0.3, 0.4) is 0 Å². The fourth-order valence-electron chi connectivity index (χ4n) is 2.95. The number of hydrogen-bond acceptors (Lipinski definition) is 3. The standard InChI is InChI=1S/C17H22N2S/c1-14(12-18-13-16-8-5-11-20-16)19-10-4-7-15-6-2-3-9-17(15)19/h2-3,5-6,8-9,11,14,18H,4,7,10,12-13H2,1H3. The van der Waals surface area contributed by atoms with Gasteiger partial charge in [0.1, 0.15) is 0 Å². The first-order chi connectivity index (χ1) is 9.84. The summed E-state index contributed by atoms with van der Waals surface area (Å²) in [5, 5.41) is 5.72. The molecule has 0 amide bonds. The lowest BCUT2D eigenvalue weighted by Gasteiger charge is -2.36. The van der Waals surface area contributed by atoms with Crippen molar-refractivity contribution in [1.82, 2.24) is 5.32 Å². The number of rotatable bonds is 5. The highest BCUT2D eigenvalue weighted by Crippen LogP contribution is 2.28. The van der Waals surface area contributed by atoms with Gasteiger partial charge in [0.15, 0.2) is 0 Å². The van der Waals surface area contributed by atoms with E-state index in [0.717, 1.165) is 13.1 Å². The molecule has 20 heavy (non-hydrogen) atoms. The highest BCUT2D eigenvalue weighted by atomic mass is 32.1. The number of para-hydroxylation sites is 1. The van der Waals surface area contributed by atoms with E-state index in [9.17, 15) is 0 Å². The van der Waals surface area contributed by atoms with E-state index in [4.69, 9.17) is 0 Å². The van der Waals surface area contributed by atoms with E-state index in [1.54, 1.807) is 0 Å². The van der Waals surface area contributed by atoms with Gasteiger partial charge in [0, 0.05) is 36.2 Å². The van der Waals surface area contributed by atoms with E-state index in [2.05, 4.69) is 58.9 Å². The quantitative estimate of drug-likeness (QED) is 0.902. The third-order valence-electron chi connectivity index (χ3n) is 4.00. The van der Waals surface area contributed by atoms with Gasteiger partial charge in [-0.1, -0.05) is 24.3 Å². The van der Waals surface area contributed by atoms with Crippen LogP contribution >= 0.6 is 11.3 Å². The lowest BCUT2D eigenvalue weighted by Crippen LogP contribution is -2.43. The van der Waals surface area contributed by atoms with E-state index in [1.165, 1.54) is 35.5 Å². The fraction of sp³-hybridized carbons (Fsp3) is 0.412. The monoisotopic (exact) mass is 286 g/mol. The number of anilines is 1. The van der Waals surface area contributed by atoms with Gasteiger partial charge in [-0.25, -0.2) is 0 Å². The largest absolute Gasteiger partial charge is 0.367 e. The minimum atomic E-state index is 0.538. The zero-order chi connectivity index (χ0) is 13.8. The van der Waals surface area contributed by atoms with Crippen molar-refractivity contribution in [3.8, 4) is 0 Å². The molecule has 0 saturated carbocycles. The van der Waals surface area contributed by atoms with Gasteiger partial charge in [-0.15, -0.1) is 11.3 Å². The topological polar surface area (TPSA) is 15.3 Å². The Morgan fingerprint density at radius 1 is 1.25 bits per heavy atom. The van der Waals surface area contributed by atoms with Crippen LogP contribution in [0.25, 0.3) is 0 Å². The SMILES string of the molecule is CC(CNCc1cccs1)N1CCCc2ccccc21. The Labute approximate surface area is 125 Å². The van der Waals surface area contributed by atoms with Crippen LogP contribution in [0.2, 0.25) is 0 Å². The zero-order valence-electron chi connectivity index (χ0n) is 12.0. The third-order valence-corrected chi connectivity index (χ3v) is 4.87. The Morgan fingerprint density at radius 2 is 2.15 bits per heavy atom. The molecule has 2 heterocycles. The van der Waals surface area contributed by atoms with Gasteiger partial charge >= 0.3 is 0 Å². The van der Waals surface area contributed by atoms with Crippen molar-refractivity contribution < 1.29 is 0 Å². The summed E-state index contributed by atoms with van der Waals surface area (Å²) in [5.74, 6) is 0. The van der Waals surface area contributed by atoms with Gasteiger partial charge in [-0.05, 0) is 42.8 Å². The maximum atomic E-state index is 3.58. The number of nitrogens with one attached hydrogen (secondary N) is 1. The van der Waals surface area contributed by atoms with Crippen LogP contribution in [0.5, 0.6) is 0 Å². The number of hydrogen-bond donors (Lipinski definition) is 1. The van der Waals surface area contributed by atoms with Crippen LogP contribution in [-0.4, -0.2) is 19.1 Å². The molecule has 0 bridgehead atoms. The average molecular weight is 286 g/mol. The summed E-state index contributed by atoms with van der Waals surface area (Å²) < 4.78 is 0. The number of fused-ring (bicyclic) bond motifs is 1. The summed E-state index contributed by atoms with van der Waals surface area (Å²) in [6.45, 7) is 5.52. The van der Waals surface area contributed by atoms with E-state index < -0.39 is 0 Å². The van der Waals surface area contributed by atoms with Crippen LogP contribution < -0.4 is 10.2 Å². The molecule has 3 rings (SSSR count). The highest BCUT2D eigenvalue weighted by Gasteiger charge is 2.20. The highest BCUT2D eigenvalue weighted by molar-refractivity contribution is 7.09. The maximum Gasteiger partial charge on any atom is 0.0401 e. The Kier molecular flexibility index (Phi) is 4.38. The third kappa shape index (κ3) is 3.05. The first-order valence-corrected chi connectivity index (χ1v) is 8.30. The lowest BCUT2D eigenvalue weighted by molar-refractivity contribution is 0.542. The Balaban J connectivity index is 1.59. The molecule has 1 N–H and O–H groups in total. The Morgan fingerprint density at radius 3 is 3.00 bits per heavy atom. The van der Waals surface area contributed by atoms with E-state index in [0.29, 0.717) is 6.04 Å². The number of aryl methyl sites for hydroxylation is 1. The van der Waals surface area contributed by atoms with Crippen LogP contribution in [-0.2, 0) is 13.0 Å². The van der Waals surface area contributed by atoms with Crippen molar-refractivity contribution in [3.05, 3.63) is 52.2 Å². The summed E-state index contributed by atoms with van der Waals surface area (Å²) in [6, 6.07) is 13.7. The van der Waals surface area contributed by atoms with E-state index >= 15 is 0 Å². The van der Waals surface area contributed by atoms with Crippen molar-refractivity contribution in [1.29, 1.82) is 0 Å². The molecular formula is C17H22N2S. The van der Waals surface area contributed by atoms with Crippen molar-refractivity contribution in [2.75, 3.05) is 18.0 Å². The molecule has 2 aromatic rings. The predicted molar refractivity (Wildman–Crippen MR) is 87.6 cm³/mol. The van der Waals surface area contributed by atoms with Gasteiger partial charge in [-0.3, -0.25) is 0 Å². The summed E-state index contributed by atoms with van der Waals surface area (Å²) in [6.07, 6.45) is 2.49. The smallest absolute Gasteiger partial charge is 0.0401 e. The van der Waals surface area contributed by atoms with Crippen LogP contribution in [0.15, 0.2) is 41.8 Å². The minimum Gasteiger partial charge on any atom is -0.367 e. The summed E-state index contributed by atoms with van der Waals surface area (Å²) in [7, 11) is 0. The minimum absolute atomic E-state index is 0.538. The van der Waals surface area contributed by atoms with Crippen molar-refractivity contribution in [2.45, 2.75) is 32.4 Å². The molecule has 0 fully saturated rings. The Bertz CT molecular complexity index is 536. The number of benzene rings is 1. The molecule has 1 atom stereocenters. The molecule has 2 nitrogen and oxygen atoms in total. The fourth-order valence-corrected chi connectivity index (χ4v) is 3.62. The summed E-state index contributed by atoms with van der Waals surface area (Å²) >= 11 is 1.82. The molecule has 1 aliphatic heterocycles. The van der Waals surface area contributed by atoms with Gasteiger partial charge in [-0.2, -0.15) is 0 Å². The first-order valence-electron chi connectivity index (χ1n) is 7.42.